The summed E-state index contributed by atoms with van der Waals surface area (Å²) in [5, 5.41) is 0. The molecule has 2 aromatic heterocycles. The Morgan fingerprint density at radius 3 is 2.44 bits per heavy atom. The summed E-state index contributed by atoms with van der Waals surface area (Å²) in [6.45, 7) is 0. The van der Waals surface area contributed by atoms with Crippen LogP contribution >= 0.6 is 11.9 Å². The van der Waals surface area contributed by atoms with Crippen LogP contribution in [0.5, 0.6) is 0 Å². The van der Waals surface area contributed by atoms with Crippen LogP contribution in [0.25, 0.3) is 11.1 Å². The first-order chi connectivity index (χ1) is 16.4. The van der Waals surface area contributed by atoms with Gasteiger partial charge < -0.3 is 0 Å². The molecule has 0 saturated heterocycles. The fourth-order valence-corrected chi connectivity index (χ4v) is 4.91. The van der Waals surface area contributed by atoms with Crippen molar-refractivity contribution in [1.82, 2.24) is 15.0 Å². The first-order valence-corrected chi connectivity index (χ1v) is 11.4. The van der Waals surface area contributed by atoms with E-state index in [-0.39, 0.29) is 5.92 Å². The molecule has 5 rings (SSSR count). The van der Waals surface area contributed by atoms with Crippen molar-refractivity contribution in [3.8, 4) is 11.1 Å². The Hall–Kier alpha value is -3.46. The Kier molecular flexibility index (Phi) is 5.95. The molecule has 0 spiro atoms. The second-order valence-electron chi connectivity index (χ2n) is 7.90. The number of anilines is 1. The van der Waals surface area contributed by atoms with Gasteiger partial charge in [-0.05, 0) is 89.5 Å². The Bertz CT molecular complexity index is 1310. The average molecular weight is 483 g/mol. The lowest BCUT2D eigenvalue weighted by atomic mass is 9.86. The van der Waals surface area contributed by atoms with E-state index < -0.39 is 17.7 Å². The lowest BCUT2D eigenvalue weighted by Gasteiger charge is -2.19. The van der Waals surface area contributed by atoms with Gasteiger partial charge in [-0.25, -0.2) is 15.0 Å². The zero-order valence-electron chi connectivity index (χ0n) is 17.7. The van der Waals surface area contributed by atoms with Gasteiger partial charge in [0.2, 0.25) is 11.9 Å². The maximum absolute atomic E-state index is 13.4. The number of fused-ring (bicyclic) bond motifs is 1. The Morgan fingerprint density at radius 1 is 0.912 bits per heavy atom. The molecule has 0 amide bonds. The van der Waals surface area contributed by atoms with Crippen LogP contribution in [-0.2, 0) is 12.6 Å². The van der Waals surface area contributed by atoms with Crippen molar-refractivity contribution in [2.24, 2.45) is 0 Å². The maximum Gasteiger partial charge on any atom is 0.416 e. The molecule has 0 radical (unpaired) electrons. The van der Waals surface area contributed by atoms with Gasteiger partial charge >= 0.3 is 6.18 Å². The number of nitrogens with one attached hydrogen (secondary N) is 1. The molecule has 0 aliphatic heterocycles. The summed E-state index contributed by atoms with van der Waals surface area (Å²) in [6, 6.07) is 14.2. The summed E-state index contributed by atoms with van der Waals surface area (Å²) in [5.74, 6) is -0.238. The monoisotopic (exact) mass is 482 g/mol. The first-order valence-electron chi connectivity index (χ1n) is 10.5. The van der Waals surface area contributed by atoms with Crippen molar-refractivity contribution in [2.75, 3.05) is 4.72 Å². The molecule has 1 atom stereocenters. The number of rotatable bonds is 5. The van der Waals surface area contributed by atoms with Gasteiger partial charge in [0.1, 0.15) is 0 Å². The van der Waals surface area contributed by atoms with E-state index in [9.17, 15) is 17.6 Å². The zero-order valence-corrected chi connectivity index (χ0v) is 18.5. The van der Waals surface area contributed by atoms with E-state index in [1.807, 2.05) is 12.1 Å². The molecule has 9 heteroatoms. The molecule has 1 unspecified atom stereocenters. The van der Waals surface area contributed by atoms with Gasteiger partial charge in [0, 0.05) is 35.0 Å². The van der Waals surface area contributed by atoms with Gasteiger partial charge in [-0.2, -0.15) is 17.6 Å². The van der Waals surface area contributed by atoms with Gasteiger partial charge in [0.05, 0.1) is 5.56 Å². The summed E-state index contributed by atoms with van der Waals surface area (Å²) in [4.78, 5) is 12.9. The van der Waals surface area contributed by atoms with Crippen molar-refractivity contribution < 1.29 is 17.6 Å². The van der Waals surface area contributed by atoms with E-state index >= 15 is 0 Å². The third-order valence-corrected chi connectivity index (χ3v) is 6.59. The summed E-state index contributed by atoms with van der Waals surface area (Å²) in [6.07, 6.45) is 1.68. The predicted molar refractivity (Wildman–Crippen MR) is 123 cm³/mol. The van der Waals surface area contributed by atoms with E-state index in [2.05, 4.69) is 25.7 Å². The highest BCUT2D eigenvalue weighted by Gasteiger charge is 2.33. The molecule has 4 nitrogen and oxygen atoms in total. The van der Waals surface area contributed by atoms with Crippen LogP contribution in [0.2, 0.25) is 0 Å². The number of alkyl halides is 3. The Balaban J connectivity index is 1.47. The van der Waals surface area contributed by atoms with E-state index in [1.165, 1.54) is 30.3 Å². The molecule has 2 aromatic carbocycles. The molecule has 1 aliphatic carbocycles. The van der Waals surface area contributed by atoms with E-state index in [1.54, 1.807) is 18.5 Å². The Morgan fingerprint density at radius 2 is 1.71 bits per heavy atom. The summed E-state index contributed by atoms with van der Waals surface area (Å²) in [5.41, 5.74) is 3.13. The molecule has 34 heavy (non-hydrogen) atoms. The molecule has 2 heterocycles. The zero-order chi connectivity index (χ0) is 23.7. The standard InChI is InChI=1S/C25H18F4N4S/c26-23-9-3-16(14-32-23)22-13-17(25(27,28)29)4-7-21(22)20-6-2-15-12-18(5-8-19(15)20)34-33-24-30-10-1-11-31-24/h1,3-5,7-14,20H,2,6H2,(H,30,31,33). The molecule has 0 fully saturated rings. The van der Waals surface area contributed by atoms with Gasteiger partial charge in [0.25, 0.3) is 0 Å². The lowest BCUT2D eigenvalue weighted by molar-refractivity contribution is -0.137. The summed E-state index contributed by atoms with van der Waals surface area (Å²) in [7, 11) is 0. The van der Waals surface area contributed by atoms with Crippen LogP contribution in [-0.4, -0.2) is 15.0 Å². The molecule has 1 N–H and O–H groups in total. The van der Waals surface area contributed by atoms with Crippen LogP contribution in [0.15, 0.2) is 78.1 Å². The second-order valence-corrected chi connectivity index (χ2v) is 8.78. The minimum Gasteiger partial charge on any atom is -0.294 e. The number of pyridine rings is 1. The van der Waals surface area contributed by atoms with Crippen LogP contribution in [0.4, 0.5) is 23.5 Å². The number of nitrogens with zero attached hydrogens (tertiary/aromatic N) is 3. The van der Waals surface area contributed by atoms with Crippen LogP contribution in [0, 0.1) is 5.95 Å². The van der Waals surface area contributed by atoms with Crippen molar-refractivity contribution in [3.63, 3.8) is 0 Å². The molecular weight excluding hydrogens is 464 g/mol. The fraction of sp³-hybridized carbons (Fsp3) is 0.160. The highest BCUT2D eigenvalue weighted by molar-refractivity contribution is 8.00. The largest absolute Gasteiger partial charge is 0.416 e. The molecule has 172 valence electrons. The third-order valence-electron chi connectivity index (χ3n) is 5.81. The molecule has 0 bridgehead atoms. The predicted octanol–water partition coefficient (Wildman–Crippen LogP) is 6.89. The maximum atomic E-state index is 13.4. The van der Waals surface area contributed by atoms with Gasteiger partial charge in [0.15, 0.2) is 0 Å². The molecule has 4 aromatic rings. The Labute approximate surface area is 197 Å². The highest BCUT2D eigenvalue weighted by Crippen LogP contribution is 2.44. The second kappa shape index (κ2) is 9.06. The third kappa shape index (κ3) is 4.61. The number of hydrogen-bond acceptors (Lipinski definition) is 5. The number of aromatic nitrogens is 3. The normalized spacial score (nSPS) is 15.2. The topological polar surface area (TPSA) is 50.7 Å². The quantitative estimate of drug-likeness (QED) is 0.191. The summed E-state index contributed by atoms with van der Waals surface area (Å²) < 4.78 is 56.8. The van der Waals surface area contributed by atoms with Crippen LogP contribution in [0.3, 0.4) is 0 Å². The number of benzene rings is 2. The van der Waals surface area contributed by atoms with Crippen molar-refractivity contribution >= 4 is 17.9 Å². The van der Waals surface area contributed by atoms with Crippen LogP contribution < -0.4 is 4.72 Å². The minimum atomic E-state index is -4.48. The van der Waals surface area contributed by atoms with Crippen molar-refractivity contribution in [2.45, 2.75) is 29.8 Å². The van der Waals surface area contributed by atoms with Crippen molar-refractivity contribution in [1.29, 1.82) is 0 Å². The number of aryl methyl sites for hydroxylation is 1. The molecular formula is C25H18F4N4S. The number of halogens is 4. The van der Waals surface area contributed by atoms with Crippen molar-refractivity contribution in [3.05, 3.63) is 101 Å². The molecule has 0 saturated carbocycles. The minimum absolute atomic E-state index is 0.0678. The van der Waals surface area contributed by atoms with E-state index in [0.717, 1.165) is 52.6 Å². The van der Waals surface area contributed by atoms with Gasteiger partial charge in [-0.15, -0.1) is 0 Å². The van der Waals surface area contributed by atoms with E-state index in [0.29, 0.717) is 17.1 Å². The first kappa shape index (κ1) is 22.3. The highest BCUT2D eigenvalue weighted by atomic mass is 32.2. The van der Waals surface area contributed by atoms with Gasteiger partial charge in [-0.1, -0.05) is 12.1 Å². The summed E-state index contributed by atoms with van der Waals surface area (Å²) >= 11 is 1.40. The smallest absolute Gasteiger partial charge is 0.294 e. The van der Waals surface area contributed by atoms with E-state index in [4.69, 9.17) is 0 Å². The molecule has 1 aliphatic rings. The fourth-order valence-electron chi connectivity index (χ4n) is 4.26. The van der Waals surface area contributed by atoms with Gasteiger partial charge in [-0.3, -0.25) is 4.72 Å². The lowest BCUT2D eigenvalue weighted by Crippen LogP contribution is -2.07. The average Bonchev–Trinajstić information content (AvgIpc) is 3.26. The number of hydrogen-bond donors (Lipinski definition) is 1. The SMILES string of the molecule is Fc1ccc(-c2cc(C(F)(F)F)ccc2C2CCc3cc(SNc4ncccn4)ccc32)cn1. The van der Waals surface area contributed by atoms with Crippen LogP contribution in [0.1, 0.15) is 34.6 Å².